The van der Waals surface area contributed by atoms with E-state index in [9.17, 15) is 23.1 Å². The maximum atomic E-state index is 14.6. The summed E-state index contributed by atoms with van der Waals surface area (Å²) in [6, 6.07) is 6.36. The second-order valence-corrected chi connectivity index (χ2v) is 9.05. The summed E-state index contributed by atoms with van der Waals surface area (Å²) in [5.41, 5.74) is -1.59. The van der Waals surface area contributed by atoms with Gasteiger partial charge >= 0.3 is 0 Å². The van der Waals surface area contributed by atoms with Gasteiger partial charge in [0.05, 0.1) is 24.5 Å². The van der Waals surface area contributed by atoms with Crippen LogP contribution in [0.5, 0.6) is 0 Å². The highest BCUT2D eigenvalue weighted by Gasteiger charge is 2.50. The maximum Gasteiger partial charge on any atom is 0.259 e. The molecule has 0 aliphatic carbocycles. The van der Waals surface area contributed by atoms with Crippen LogP contribution in [0.3, 0.4) is 0 Å². The van der Waals surface area contributed by atoms with Crippen molar-refractivity contribution in [2.24, 2.45) is 0 Å². The largest absolute Gasteiger partial charge is 0.385 e. The Morgan fingerprint density at radius 3 is 2.53 bits per heavy atom. The maximum absolute atomic E-state index is 14.6. The first-order valence-electron chi connectivity index (χ1n) is 9.73. The van der Waals surface area contributed by atoms with Crippen LogP contribution in [-0.4, -0.2) is 47.2 Å². The molecule has 1 atom stereocenters. The molecule has 0 unspecified atom stereocenters. The summed E-state index contributed by atoms with van der Waals surface area (Å²) in [5.74, 6) is -3.80. The number of piperidine rings is 1. The minimum Gasteiger partial charge on any atom is -0.385 e. The number of carbonyl (C=O) groups excluding carboxylic acids is 1. The van der Waals surface area contributed by atoms with E-state index in [4.69, 9.17) is 0 Å². The lowest BCUT2D eigenvalue weighted by Gasteiger charge is -2.51. The van der Waals surface area contributed by atoms with Crippen LogP contribution in [0, 0.1) is 21.0 Å². The van der Waals surface area contributed by atoms with Gasteiger partial charge in [0.2, 0.25) is 0 Å². The van der Waals surface area contributed by atoms with Gasteiger partial charge in [-0.1, -0.05) is 6.42 Å². The average Bonchev–Trinajstić information content (AvgIpc) is 2.70. The first-order chi connectivity index (χ1) is 14.3. The van der Waals surface area contributed by atoms with E-state index in [0.717, 1.165) is 31.9 Å². The molecule has 2 aliphatic rings. The number of likely N-dealkylation sites (tertiary alicyclic amines) is 1. The molecule has 0 aromatic heterocycles. The van der Waals surface area contributed by atoms with Crippen molar-refractivity contribution in [3.63, 3.8) is 0 Å². The van der Waals surface area contributed by atoms with Crippen molar-refractivity contribution in [2.45, 2.75) is 30.9 Å². The molecule has 0 saturated carbocycles. The fourth-order valence-corrected chi connectivity index (χ4v) is 4.50. The summed E-state index contributed by atoms with van der Waals surface area (Å²) < 4.78 is 43.4. The first kappa shape index (κ1) is 21.4. The lowest BCUT2D eigenvalue weighted by molar-refractivity contribution is -0.108. The third kappa shape index (κ3) is 4.02. The number of rotatable bonds is 4. The van der Waals surface area contributed by atoms with E-state index in [-0.39, 0.29) is 30.5 Å². The van der Waals surface area contributed by atoms with Crippen molar-refractivity contribution in [2.75, 3.05) is 25.0 Å². The molecule has 0 radical (unpaired) electrons. The number of benzene rings is 2. The zero-order valence-electron chi connectivity index (χ0n) is 16.0. The van der Waals surface area contributed by atoms with Crippen molar-refractivity contribution < 1.29 is 23.1 Å². The van der Waals surface area contributed by atoms with Crippen LogP contribution in [0.4, 0.5) is 24.5 Å². The zero-order chi connectivity index (χ0) is 21.5. The Balaban J connectivity index is 1.57. The predicted octanol–water partition coefficient (Wildman–Crippen LogP) is 3.78. The summed E-state index contributed by atoms with van der Waals surface area (Å²) >= 11 is 1.96. The van der Waals surface area contributed by atoms with Crippen molar-refractivity contribution in [3.05, 3.63) is 56.9 Å². The number of β-amino-alcohol motifs (C(OH)–C–C–N with tert-alkyl or cyclic N) is 1. The number of hydrogen-bond acceptors (Lipinski definition) is 4. The molecule has 0 bridgehead atoms. The first-order valence-corrected chi connectivity index (χ1v) is 10.8. The van der Waals surface area contributed by atoms with Crippen LogP contribution < -0.4 is 10.6 Å². The van der Waals surface area contributed by atoms with E-state index in [1.807, 2.05) is 22.6 Å². The molecule has 160 valence electrons. The molecule has 2 aliphatic heterocycles. The van der Waals surface area contributed by atoms with Crippen LogP contribution >= 0.6 is 22.6 Å². The van der Waals surface area contributed by atoms with E-state index in [1.165, 1.54) is 23.1 Å². The van der Waals surface area contributed by atoms with Crippen molar-refractivity contribution in [3.8, 4) is 0 Å². The second kappa shape index (κ2) is 8.35. The van der Waals surface area contributed by atoms with E-state index < -0.39 is 34.5 Å². The highest BCUT2D eigenvalue weighted by Crippen LogP contribution is 2.34. The van der Waals surface area contributed by atoms with Gasteiger partial charge in [0.15, 0.2) is 11.6 Å². The molecule has 30 heavy (non-hydrogen) atoms. The summed E-state index contributed by atoms with van der Waals surface area (Å²) in [6.07, 6.45) is 2.82. The van der Waals surface area contributed by atoms with Gasteiger partial charge < -0.3 is 20.6 Å². The monoisotopic (exact) mass is 531 g/mol. The Labute approximate surface area is 185 Å². The van der Waals surface area contributed by atoms with E-state index >= 15 is 0 Å². The van der Waals surface area contributed by atoms with Gasteiger partial charge in [0.25, 0.3) is 5.91 Å². The summed E-state index contributed by atoms with van der Waals surface area (Å²) in [5, 5.41) is 16.8. The summed E-state index contributed by atoms with van der Waals surface area (Å²) in [6.45, 7) is 0.850. The lowest BCUT2D eigenvalue weighted by Crippen LogP contribution is -2.72. The molecule has 0 spiro atoms. The molecule has 4 rings (SSSR count). The minimum atomic E-state index is -1.30. The third-order valence-corrected chi connectivity index (χ3v) is 6.36. The molecule has 2 heterocycles. The minimum absolute atomic E-state index is 0.0246. The predicted molar refractivity (Wildman–Crippen MR) is 115 cm³/mol. The molecule has 1 amide bonds. The SMILES string of the molecule is O=C(c1c(Nc2ccc(I)cc2F)ccc(F)c1F)N1CC(O)([C@@H]2CCCCN2)C1. The van der Waals surface area contributed by atoms with Crippen LogP contribution in [0.1, 0.15) is 29.6 Å². The van der Waals surface area contributed by atoms with Gasteiger partial charge in [-0.25, -0.2) is 13.2 Å². The van der Waals surface area contributed by atoms with Gasteiger partial charge in [0.1, 0.15) is 17.0 Å². The smallest absolute Gasteiger partial charge is 0.259 e. The van der Waals surface area contributed by atoms with Crippen LogP contribution in [0.2, 0.25) is 0 Å². The van der Waals surface area contributed by atoms with Gasteiger partial charge in [-0.3, -0.25) is 4.79 Å². The number of hydrogen-bond donors (Lipinski definition) is 3. The highest BCUT2D eigenvalue weighted by molar-refractivity contribution is 14.1. The van der Waals surface area contributed by atoms with Gasteiger partial charge in [-0.15, -0.1) is 0 Å². The molecule has 2 saturated heterocycles. The van der Waals surface area contributed by atoms with E-state index in [2.05, 4.69) is 10.6 Å². The normalized spacial score (nSPS) is 20.6. The molecule has 9 heteroatoms. The molecule has 2 aromatic carbocycles. The standard InChI is InChI=1S/C21H21F3IN3O2/c22-13-5-7-16(27-15-6-4-12(25)9-14(15)23)18(19(13)24)20(29)28-10-21(30,11-28)17-3-1-2-8-26-17/h4-7,9,17,26-27,30H,1-3,8,10-11H2/t17-/m0/s1. The molecule has 2 aromatic rings. The second-order valence-electron chi connectivity index (χ2n) is 7.80. The number of aliphatic hydroxyl groups is 1. The Morgan fingerprint density at radius 2 is 1.87 bits per heavy atom. The highest BCUT2D eigenvalue weighted by atomic mass is 127. The number of nitrogens with zero attached hydrogens (tertiary/aromatic N) is 1. The number of nitrogens with one attached hydrogen (secondary N) is 2. The van der Waals surface area contributed by atoms with Crippen LogP contribution in [-0.2, 0) is 0 Å². The zero-order valence-corrected chi connectivity index (χ0v) is 18.2. The molecule has 2 fully saturated rings. The Kier molecular flexibility index (Phi) is 5.95. The fraction of sp³-hybridized carbons (Fsp3) is 0.381. The topological polar surface area (TPSA) is 64.6 Å². The van der Waals surface area contributed by atoms with Crippen molar-refractivity contribution >= 4 is 39.9 Å². The number of halogens is 4. The summed E-state index contributed by atoms with van der Waals surface area (Å²) in [7, 11) is 0. The number of anilines is 2. The van der Waals surface area contributed by atoms with E-state index in [0.29, 0.717) is 3.57 Å². The molecule has 5 nitrogen and oxygen atoms in total. The molecule has 3 N–H and O–H groups in total. The van der Waals surface area contributed by atoms with Crippen molar-refractivity contribution in [1.82, 2.24) is 10.2 Å². The van der Waals surface area contributed by atoms with Gasteiger partial charge in [-0.05, 0) is 72.3 Å². The number of amides is 1. The molecular weight excluding hydrogens is 510 g/mol. The Bertz CT molecular complexity index is 976. The van der Waals surface area contributed by atoms with Gasteiger partial charge in [0, 0.05) is 9.61 Å². The third-order valence-electron chi connectivity index (χ3n) is 5.68. The fourth-order valence-electron chi connectivity index (χ4n) is 4.05. The summed E-state index contributed by atoms with van der Waals surface area (Å²) in [4.78, 5) is 14.3. The van der Waals surface area contributed by atoms with Crippen LogP contribution in [0.25, 0.3) is 0 Å². The lowest BCUT2D eigenvalue weighted by atomic mass is 9.81. The van der Waals surface area contributed by atoms with Crippen molar-refractivity contribution in [1.29, 1.82) is 0 Å². The van der Waals surface area contributed by atoms with E-state index in [1.54, 1.807) is 6.07 Å². The van der Waals surface area contributed by atoms with Gasteiger partial charge in [-0.2, -0.15) is 0 Å². The average molecular weight is 531 g/mol. The van der Waals surface area contributed by atoms with Crippen LogP contribution in [0.15, 0.2) is 30.3 Å². The Hall–Kier alpha value is -1.85. The molecular formula is C21H21F3IN3O2. The quantitative estimate of drug-likeness (QED) is 0.526. The Morgan fingerprint density at radius 1 is 1.13 bits per heavy atom. The number of carbonyl (C=O) groups is 1.